The Morgan fingerprint density at radius 1 is 1.26 bits per heavy atom. The van der Waals surface area contributed by atoms with E-state index >= 15 is 0 Å². The van der Waals surface area contributed by atoms with E-state index in [0.717, 1.165) is 0 Å². The fourth-order valence-corrected chi connectivity index (χ4v) is 1.97. The van der Waals surface area contributed by atoms with E-state index in [-0.39, 0.29) is 11.9 Å². The van der Waals surface area contributed by atoms with Gasteiger partial charge in [-0.3, -0.25) is 4.79 Å². The van der Waals surface area contributed by atoms with Crippen LogP contribution in [0.2, 0.25) is 0 Å². The highest BCUT2D eigenvalue weighted by Gasteiger charge is 2.12. The normalized spacial score (nSPS) is 13.0. The Balaban J connectivity index is -0.000000444. The van der Waals surface area contributed by atoms with Crippen LogP contribution in [0.1, 0.15) is 27.7 Å². The molecule has 1 atom stereocenters. The largest absolute Gasteiger partial charge is 0.461 e. The first-order valence-corrected chi connectivity index (χ1v) is 11.8. The standard InChI is InChI=1S/C8H11F.C8H17IN4O2S.C2H6/c1-3-5-6-7-8(9)4-2;1-12(2)3-7(15-6-14)4-13(11)5-8(10)16-9;1-2/h3-7H,1-2H3;5-7H,3-4,10-11H2,1-2H3;1-2H3/b5-3-,7-6-,8-4-;8-5+;. The maximum absolute atomic E-state index is 12.2. The monoisotopic (exact) mass is 516 g/mol. The van der Waals surface area contributed by atoms with Gasteiger partial charge in [-0.1, -0.05) is 38.2 Å². The van der Waals surface area contributed by atoms with Crippen LogP contribution >= 0.6 is 30.1 Å². The minimum atomic E-state index is -0.277. The summed E-state index contributed by atoms with van der Waals surface area (Å²) in [5, 5.41) is 2.01. The van der Waals surface area contributed by atoms with Crippen LogP contribution in [0.25, 0.3) is 0 Å². The van der Waals surface area contributed by atoms with Crippen LogP contribution in [0.3, 0.4) is 0 Å². The summed E-state index contributed by atoms with van der Waals surface area (Å²) in [5.74, 6) is 5.50. The zero-order valence-corrected chi connectivity index (χ0v) is 20.0. The number of hydrogen-bond acceptors (Lipinski definition) is 7. The minimum absolute atomic E-state index is 0.201. The number of nitrogens with two attached hydrogens (primary N) is 2. The Morgan fingerprint density at radius 2 is 1.85 bits per heavy atom. The molecule has 6 nitrogen and oxygen atoms in total. The quantitative estimate of drug-likeness (QED) is 0.149. The molecule has 0 aromatic carbocycles. The molecule has 0 aliphatic heterocycles. The number of carbonyl (C=O) groups is 1. The number of likely N-dealkylation sites (N-methyl/N-ethyl adjacent to an activating group) is 1. The second-order valence-electron chi connectivity index (χ2n) is 4.98. The number of rotatable bonds is 10. The van der Waals surface area contributed by atoms with Crippen molar-refractivity contribution in [1.29, 1.82) is 0 Å². The summed E-state index contributed by atoms with van der Waals surface area (Å²) in [7, 11) is 5.17. The Kier molecular flexibility index (Phi) is 26.1. The van der Waals surface area contributed by atoms with E-state index < -0.39 is 0 Å². The van der Waals surface area contributed by atoms with Crippen molar-refractivity contribution in [2.45, 2.75) is 33.8 Å². The van der Waals surface area contributed by atoms with Crippen molar-refractivity contribution in [3.63, 3.8) is 0 Å². The third-order valence-corrected chi connectivity index (χ3v) is 4.26. The maximum atomic E-state index is 12.2. The van der Waals surface area contributed by atoms with E-state index in [9.17, 15) is 9.18 Å². The van der Waals surface area contributed by atoms with Gasteiger partial charge in [0.05, 0.1) is 11.6 Å². The second-order valence-corrected chi connectivity index (χ2v) is 6.93. The van der Waals surface area contributed by atoms with Crippen molar-refractivity contribution in [1.82, 2.24) is 9.91 Å². The van der Waals surface area contributed by atoms with Gasteiger partial charge in [0.2, 0.25) is 0 Å². The van der Waals surface area contributed by atoms with Gasteiger partial charge >= 0.3 is 0 Å². The molecule has 0 aliphatic rings. The fraction of sp³-hybridized carbons (Fsp3) is 0.500. The zero-order valence-electron chi connectivity index (χ0n) is 17.1. The van der Waals surface area contributed by atoms with Gasteiger partial charge in [0, 0.05) is 34.0 Å². The van der Waals surface area contributed by atoms with Gasteiger partial charge in [-0.05, 0) is 43.0 Å². The number of allylic oxidation sites excluding steroid dienone is 6. The number of ether oxygens (including phenoxy) is 1. The highest BCUT2D eigenvalue weighted by Crippen LogP contribution is 2.18. The molecule has 0 bridgehead atoms. The molecule has 158 valence electrons. The molecule has 0 radical (unpaired) electrons. The minimum Gasteiger partial charge on any atom is -0.461 e. The summed E-state index contributed by atoms with van der Waals surface area (Å²) in [6.07, 6.45) is 9.45. The van der Waals surface area contributed by atoms with Crippen LogP contribution in [0.4, 0.5) is 4.39 Å². The van der Waals surface area contributed by atoms with Crippen molar-refractivity contribution in [2.24, 2.45) is 11.6 Å². The third-order valence-electron chi connectivity index (χ3n) is 2.45. The Hall–Kier alpha value is -1.04. The van der Waals surface area contributed by atoms with Crippen LogP contribution in [0.5, 0.6) is 0 Å². The molecule has 9 heteroatoms. The van der Waals surface area contributed by atoms with Gasteiger partial charge in [-0.2, -0.15) is 0 Å². The number of hydrogen-bond donors (Lipinski definition) is 2. The first-order valence-electron chi connectivity index (χ1n) is 8.42. The van der Waals surface area contributed by atoms with E-state index in [0.29, 0.717) is 24.6 Å². The van der Waals surface area contributed by atoms with Crippen molar-refractivity contribution < 1.29 is 13.9 Å². The van der Waals surface area contributed by atoms with Gasteiger partial charge in [0.1, 0.15) is 11.9 Å². The van der Waals surface area contributed by atoms with Gasteiger partial charge in [-0.15, -0.1) is 0 Å². The first kappa shape index (κ1) is 30.7. The SMILES string of the molecule is CC.CN(C)CC(CN(N)/C=C(\N)SI)OC=O.C\C=C/C=C\C(F)=C\C. The van der Waals surface area contributed by atoms with Crippen LogP contribution in [-0.4, -0.2) is 49.7 Å². The molecule has 27 heavy (non-hydrogen) atoms. The summed E-state index contributed by atoms with van der Waals surface area (Å²) < 4.78 is 17.1. The zero-order chi connectivity index (χ0) is 21.7. The Bertz CT molecular complexity index is 472. The summed E-state index contributed by atoms with van der Waals surface area (Å²) >= 11 is 2.06. The average molecular weight is 516 g/mol. The molecule has 0 spiro atoms. The highest BCUT2D eigenvalue weighted by molar-refractivity contribution is 14.2. The smallest absolute Gasteiger partial charge is 0.293 e. The average Bonchev–Trinajstić information content (AvgIpc) is 2.63. The molecule has 1 unspecified atom stereocenters. The van der Waals surface area contributed by atoms with Crippen LogP contribution in [0, 0.1) is 0 Å². The number of hydrazine groups is 1. The van der Waals surface area contributed by atoms with Gasteiger partial charge in [-0.25, -0.2) is 10.2 Å². The summed E-state index contributed by atoms with van der Waals surface area (Å²) in [6.45, 7) is 8.99. The molecule has 0 rings (SSSR count). The molecular weight excluding hydrogens is 482 g/mol. The van der Waals surface area contributed by atoms with Gasteiger partial charge < -0.3 is 20.4 Å². The summed E-state index contributed by atoms with van der Waals surface area (Å²) in [4.78, 5) is 12.2. The predicted octanol–water partition coefficient (Wildman–Crippen LogP) is 4.12. The van der Waals surface area contributed by atoms with Crippen molar-refractivity contribution in [2.75, 3.05) is 27.2 Å². The van der Waals surface area contributed by atoms with E-state index in [1.54, 1.807) is 25.3 Å². The topological polar surface area (TPSA) is 84.8 Å². The molecule has 0 saturated heterocycles. The number of carbonyl (C=O) groups excluding carboxylic acids is 1. The summed E-state index contributed by atoms with van der Waals surface area (Å²) in [5.41, 5.74) is 5.60. The van der Waals surface area contributed by atoms with Gasteiger partial charge in [0.25, 0.3) is 6.47 Å². The third kappa shape index (κ3) is 25.0. The molecular formula is C18H34FIN4O2S. The van der Waals surface area contributed by atoms with Crippen LogP contribution in [0.15, 0.2) is 47.4 Å². The molecule has 0 heterocycles. The molecule has 0 aromatic rings. The molecule has 0 aromatic heterocycles. The number of nitrogens with zero attached hydrogens (tertiary/aromatic N) is 2. The molecule has 0 aliphatic carbocycles. The molecule has 0 fully saturated rings. The number of halogens is 2. The lowest BCUT2D eigenvalue weighted by Crippen LogP contribution is -2.40. The Labute approximate surface area is 180 Å². The van der Waals surface area contributed by atoms with E-state index in [2.05, 4.69) is 21.2 Å². The van der Waals surface area contributed by atoms with E-state index in [4.69, 9.17) is 16.3 Å². The fourth-order valence-electron chi connectivity index (χ4n) is 1.46. The Morgan fingerprint density at radius 3 is 2.26 bits per heavy atom. The summed E-state index contributed by atoms with van der Waals surface area (Å²) in [6, 6.07) is 0. The van der Waals surface area contributed by atoms with Crippen LogP contribution < -0.4 is 11.6 Å². The van der Waals surface area contributed by atoms with Crippen molar-refractivity contribution in [3.8, 4) is 0 Å². The second kappa shape index (κ2) is 23.0. The molecule has 0 amide bonds. The lowest BCUT2D eigenvalue weighted by atomic mass is 10.3. The van der Waals surface area contributed by atoms with Crippen molar-refractivity contribution in [3.05, 3.63) is 47.4 Å². The van der Waals surface area contributed by atoms with E-state index in [1.807, 2.05) is 45.8 Å². The lowest BCUT2D eigenvalue weighted by molar-refractivity contribution is -0.134. The molecule has 4 N–H and O–H groups in total. The van der Waals surface area contributed by atoms with Crippen LogP contribution in [-0.2, 0) is 9.53 Å². The maximum Gasteiger partial charge on any atom is 0.293 e. The predicted molar refractivity (Wildman–Crippen MR) is 124 cm³/mol. The highest BCUT2D eigenvalue weighted by atomic mass is 127. The first-order chi connectivity index (χ1) is 12.8. The van der Waals surface area contributed by atoms with Gasteiger partial charge in [0.15, 0.2) is 0 Å². The van der Waals surface area contributed by atoms with Crippen molar-refractivity contribution >= 4 is 36.6 Å². The van der Waals surface area contributed by atoms with E-state index in [1.165, 1.54) is 26.1 Å². The molecule has 0 saturated carbocycles. The lowest BCUT2D eigenvalue weighted by Gasteiger charge is -2.23.